The summed E-state index contributed by atoms with van der Waals surface area (Å²) in [6, 6.07) is 4.56. The maximum absolute atomic E-state index is 12.7. The molecule has 7 nitrogen and oxygen atoms in total. The fourth-order valence-electron chi connectivity index (χ4n) is 3.69. The first-order valence-corrected chi connectivity index (χ1v) is 10.6. The van der Waals surface area contributed by atoms with Crippen LogP contribution in [0.4, 0.5) is 0 Å². The highest BCUT2D eigenvalue weighted by Crippen LogP contribution is 2.33. The Labute approximate surface area is 173 Å². The third-order valence-electron chi connectivity index (χ3n) is 5.67. The van der Waals surface area contributed by atoms with Crippen molar-refractivity contribution in [3.8, 4) is 11.5 Å². The predicted molar refractivity (Wildman–Crippen MR) is 115 cm³/mol. The second kappa shape index (κ2) is 9.85. The topological polar surface area (TPSA) is 75.2 Å². The van der Waals surface area contributed by atoms with E-state index in [-0.39, 0.29) is 5.91 Å². The van der Waals surface area contributed by atoms with Gasteiger partial charge in [-0.05, 0) is 55.4 Å². The monoisotopic (exact) mass is 402 g/mol. The lowest BCUT2D eigenvalue weighted by atomic mass is 9.98. The van der Waals surface area contributed by atoms with Gasteiger partial charge < -0.3 is 25.0 Å². The molecule has 1 heterocycles. The minimum absolute atomic E-state index is 0.189. The van der Waals surface area contributed by atoms with Gasteiger partial charge in [0.25, 0.3) is 0 Å². The van der Waals surface area contributed by atoms with Gasteiger partial charge in [-0.1, -0.05) is 6.92 Å². The third-order valence-corrected chi connectivity index (χ3v) is 5.67. The molecular weight excluding hydrogens is 368 g/mol. The number of carbonyl (C=O) groups excluding carboxylic acids is 1. The molecular formula is C22H34N4O3. The molecule has 1 aromatic rings. The quantitative estimate of drug-likeness (QED) is 0.397. The van der Waals surface area contributed by atoms with Crippen LogP contribution in [0.5, 0.6) is 11.5 Å². The smallest absolute Gasteiger partial charge is 0.222 e. The number of hydrogen-bond acceptors (Lipinski definition) is 4. The molecule has 2 aliphatic rings. The van der Waals surface area contributed by atoms with Gasteiger partial charge in [-0.15, -0.1) is 0 Å². The SMILES string of the molecule is CCNC(=NCCCC(=O)N1CCc2cc(OC)c(OC)cc2C1)NC1CC1C. The van der Waals surface area contributed by atoms with Crippen LogP contribution in [0.15, 0.2) is 17.1 Å². The maximum atomic E-state index is 12.7. The van der Waals surface area contributed by atoms with Crippen LogP contribution >= 0.6 is 0 Å². The second-order valence-corrected chi connectivity index (χ2v) is 7.87. The molecule has 0 aromatic heterocycles. The first-order valence-electron chi connectivity index (χ1n) is 10.6. The predicted octanol–water partition coefficient (Wildman–Crippen LogP) is 2.33. The largest absolute Gasteiger partial charge is 0.493 e. The Hall–Kier alpha value is -2.44. The molecule has 1 aliphatic carbocycles. The van der Waals surface area contributed by atoms with Crippen molar-refractivity contribution in [2.24, 2.45) is 10.9 Å². The second-order valence-electron chi connectivity index (χ2n) is 7.87. The molecule has 0 saturated heterocycles. The van der Waals surface area contributed by atoms with Gasteiger partial charge in [0.2, 0.25) is 5.91 Å². The van der Waals surface area contributed by atoms with Gasteiger partial charge in [-0.2, -0.15) is 0 Å². The summed E-state index contributed by atoms with van der Waals surface area (Å²) >= 11 is 0. The fraction of sp³-hybridized carbons (Fsp3) is 0.636. The van der Waals surface area contributed by atoms with Crippen molar-refractivity contribution < 1.29 is 14.3 Å². The Morgan fingerprint density at radius 1 is 1.24 bits per heavy atom. The number of methoxy groups -OCH3 is 2. The van der Waals surface area contributed by atoms with E-state index in [1.54, 1.807) is 14.2 Å². The molecule has 2 unspecified atom stereocenters. The van der Waals surface area contributed by atoms with E-state index in [1.807, 2.05) is 17.0 Å². The van der Waals surface area contributed by atoms with Crippen molar-refractivity contribution in [2.45, 2.75) is 52.1 Å². The zero-order chi connectivity index (χ0) is 20.8. The van der Waals surface area contributed by atoms with E-state index in [9.17, 15) is 4.79 Å². The van der Waals surface area contributed by atoms with Gasteiger partial charge >= 0.3 is 0 Å². The highest BCUT2D eigenvalue weighted by molar-refractivity contribution is 5.80. The standard InChI is InChI=1S/C22H34N4O3/c1-5-23-22(25-18-11-15(18)2)24-9-6-7-21(27)26-10-8-16-12-19(28-3)20(29-4)13-17(16)14-26/h12-13,15,18H,5-11,14H2,1-4H3,(H2,23,24,25). The molecule has 1 aliphatic heterocycles. The lowest BCUT2D eigenvalue weighted by Crippen LogP contribution is -2.39. The fourth-order valence-corrected chi connectivity index (χ4v) is 3.69. The Bertz CT molecular complexity index is 750. The minimum atomic E-state index is 0.189. The lowest BCUT2D eigenvalue weighted by molar-refractivity contribution is -0.132. The van der Waals surface area contributed by atoms with Crippen molar-refractivity contribution in [1.29, 1.82) is 0 Å². The Morgan fingerprint density at radius 2 is 1.93 bits per heavy atom. The van der Waals surface area contributed by atoms with Crippen LogP contribution in [0, 0.1) is 5.92 Å². The normalized spacial score (nSPS) is 20.7. The zero-order valence-electron chi connectivity index (χ0n) is 18.1. The van der Waals surface area contributed by atoms with E-state index in [4.69, 9.17) is 9.47 Å². The van der Waals surface area contributed by atoms with Crippen LogP contribution in [0.3, 0.4) is 0 Å². The third kappa shape index (κ3) is 5.55. The van der Waals surface area contributed by atoms with Gasteiger partial charge in [0, 0.05) is 38.6 Å². The van der Waals surface area contributed by atoms with E-state index >= 15 is 0 Å². The first kappa shape index (κ1) is 21.3. The van der Waals surface area contributed by atoms with Gasteiger partial charge in [-0.25, -0.2) is 0 Å². The van der Waals surface area contributed by atoms with Gasteiger partial charge in [-0.3, -0.25) is 9.79 Å². The Kier molecular flexibility index (Phi) is 7.23. The highest BCUT2D eigenvalue weighted by Gasteiger charge is 2.33. The molecule has 2 atom stereocenters. The summed E-state index contributed by atoms with van der Waals surface area (Å²) in [6.45, 7) is 7.17. The van der Waals surface area contributed by atoms with Crippen LogP contribution in [-0.2, 0) is 17.8 Å². The molecule has 0 spiro atoms. The number of nitrogens with zero attached hydrogens (tertiary/aromatic N) is 2. The van der Waals surface area contributed by atoms with Crippen molar-refractivity contribution in [3.63, 3.8) is 0 Å². The number of amides is 1. The average molecular weight is 403 g/mol. The Morgan fingerprint density at radius 3 is 2.55 bits per heavy atom. The van der Waals surface area contributed by atoms with Crippen LogP contribution in [-0.4, -0.2) is 56.7 Å². The number of guanidine groups is 1. The molecule has 1 amide bonds. The van der Waals surface area contributed by atoms with Crippen molar-refractivity contribution >= 4 is 11.9 Å². The first-order chi connectivity index (χ1) is 14.0. The average Bonchev–Trinajstić information content (AvgIpc) is 3.43. The molecule has 3 rings (SSSR count). The van der Waals surface area contributed by atoms with Crippen molar-refractivity contribution in [1.82, 2.24) is 15.5 Å². The molecule has 7 heteroatoms. The number of carbonyl (C=O) groups is 1. The summed E-state index contributed by atoms with van der Waals surface area (Å²) in [5, 5.41) is 6.72. The molecule has 1 aromatic carbocycles. The van der Waals surface area contributed by atoms with E-state index < -0.39 is 0 Å². The van der Waals surface area contributed by atoms with Crippen molar-refractivity contribution in [3.05, 3.63) is 23.3 Å². The number of ether oxygens (including phenoxy) is 2. The lowest BCUT2D eigenvalue weighted by Gasteiger charge is -2.29. The number of nitrogens with one attached hydrogen (secondary N) is 2. The molecule has 160 valence electrons. The van der Waals surface area contributed by atoms with Gasteiger partial charge in [0.15, 0.2) is 17.5 Å². The van der Waals surface area contributed by atoms with Crippen LogP contribution < -0.4 is 20.1 Å². The molecule has 29 heavy (non-hydrogen) atoms. The summed E-state index contributed by atoms with van der Waals surface area (Å²) in [6.07, 6.45) is 3.32. The molecule has 0 bridgehead atoms. The molecule has 2 N–H and O–H groups in total. The summed E-state index contributed by atoms with van der Waals surface area (Å²) in [7, 11) is 3.28. The summed E-state index contributed by atoms with van der Waals surface area (Å²) < 4.78 is 10.8. The van der Waals surface area contributed by atoms with Gasteiger partial charge in [0.05, 0.1) is 14.2 Å². The molecule has 0 radical (unpaired) electrons. The summed E-state index contributed by atoms with van der Waals surface area (Å²) in [4.78, 5) is 19.2. The minimum Gasteiger partial charge on any atom is -0.493 e. The van der Waals surface area contributed by atoms with Crippen LogP contribution in [0.25, 0.3) is 0 Å². The van der Waals surface area contributed by atoms with Crippen LogP contribution in [0.2, 0.25) is 0 Å². The highest BCUT2D eigenvalue weighted by atomic mass is 16.5. The van der Waals surface area contributed by atoms with Gasteiger partial charge in [0.1, 0.15) is 0 Å². The van der Waals surface area contributed by atoms with E-state index in [2.05, 4.69) is 29.5 Å². The number of fused-ring (bicyclic) bond motifs is 1. The van der Waals surface area contributed by atoms with E-state index in [0.29, 0.717) is 31.3 Å². The van der Waals surface area contributed by atoms with E-state index in [1.165, 1.54) is 12.0 Å². The number of hydrogen-bond donors (Lipinski definition) is 2. The summed E-state index contributed by atoms with van der Waals surface area (Å²) in [5.74, 6) is 3.23. The molecule has 1 saturated carbocycles. The Balaban J connectivity index is 1.49. The van der Waals surface area contributed by atoms with E-state index in [0.717, 1.165) is 49.1 Å². The number of benzene rings is 1. The summed E-state index contributed by atoms with van der Waals surface area (Å²) in [5.41, 5.74) is 2.37. The molecule has 1 fully saturated rings. The van der Waals surface area contributed by atoms with Crippen LogP contribution in [0.1, 0.15) is 44.2 Å². The van der Waals surface area contributed by atoms with Crippen molar-refractivity contribution in [2.75, 3.05) is 33.9 Å². The maximum Gasteiger partial charge on any atom is 0.222 e. The number of rotatable bonds is 8. The number of aliphatic imine (C=N–C) groups is 1. The zero-order valence-corrected chi connectivity index (χ0v) is 18.1.